The summed E-state index contributed by atoms with van der Waals surface area (Å²) in [5.41, 5.74) is 0.546. The molecule has 1 aliphatic carbocycles. The second kappa shape index (κ2) is 10.5. The fourth-order valence-electron chi connectivity index (χ4n) is 5.09. The highest BCUT2D eigenvalue weighted by Crippen LogP contribution is 2.31. The van der Waals surface area contributed by atoms with Gasteiger partial charge in [0.15, 0.2) is 0 Å². The second-order valence-electron chi connectivity index (χ2n) is 8.83. The first-order valence-electron chi connectivity index (χ1n) is 11.4. The van der Waals surface area contributed by atoms with Crippen LogP contribution in [-0.4, -0.2) is 73.1 Å². The average Bonchev–Trinajstić information content (AvgIpc) is 3.49. The van der Waals surface area contributed by atoms with Gasteiger partial charge in [-0.1, -0.05) is 36.0 Å². The number of nitrogens with one attached hydrogen (secondary N) is 1. The molecule has 8 heteroatoms. The van der Waals surface area contributed by atoms with Crippen LogP contribution in [0.3, 0.4) is 0 Å². The van der Waals surface area contributed by atoms with Gasteiger partial charge in [-0.25, -0.2) is 0 Å². The van der Waals surface area contributed by atoms with E-state index < -0.39 is 0 Å². The molecule has 1 aromatic carbocycles. The predicted octanol–water partition coefficient (Wildman–Crippen LogP) is 3.61. The van der Waals surface area contributed by atoms with Gasteiger partial charge in [-0.15, -0.1) is 0 Å². The standard InChI is InChI=1S/C23H31Cl2N3O3/c24-19-8-7-17(14-20(19)25)23(30)28-11-9-27(10-12-28)21(16-4-1-2-5-16)22(29)26-15-18-6-3-13-31-18/h7-8,14,16,18,21H,1-6,9-13,15H2,(H,26,29)/t18-,21-/m0/s1. The van der Waals surface area contributed by atoms with Crippen LogP contribution in [-0.2, 0) is 9.53 Å². The number of piperazine rings is 1. The highest BCUT2D eigenvalue weighted by molar-refractivity contribution is 6.42. The lowest BCUT2D eigenvalue weighted by Gasteiger charge is -2.41. The van der Waals surface area contributed by atoms with E-state index in [4.69, 9.17) is 27.9 Å². The quantitative estimate of drug-likeness (QED) is 0.693. The zero-order valence-electron chi connectivity index (χ0n) is 17.8. The second-order valence-corrected chi connectivity index (χ2v) is 9.64. The van der Waals surface area contributed by atoms with Gasteiger partial charge in [-0.3, -0.25) is 14.5 Å². The van der Waals surface area contributed by atoms with Crippen LogP contribution in [0.25, 0.3) is 0 Å². The maximum absolute atomic E-state index is 13.2. The molecular weight excluding hydrogens is 437 g/mol. The number of hydrogen-bond donors (Lipinski definition) is 1. The number of benzene rings is 1. The lowest BCUT2D eigenvalue weighted by molar-refractivity contribution is -0.129. The number of halogens is 2. The van der Waals surface area contributed by atoms with Crippen molar-refractivity contribution in [2.24, 2.45) is 5.92 Å². The Morgan fingerprint density at radius 2 is 1.77 bits per heavy atom. The Balaban J connectivity index is 1.36. The summed E-state index contributed by atoms with van der Waals surface area (Å²) in [5.74, 6) is 0.465. The Bertz CT molecular complexity index is 786. The highest BCUT2D eigenvalue weighted by Gasteiger charge is 2.37. The van der Waals surface area contributed by atoms with Crippen LogP contribution in [0.2, 0.25) is 10.0 Å². The average molecular weight is 468 g/mol. The van der Waals surface area contributed by atoms with Crippen LogP contribution in [0.4, 0.5) is 0 Å². The number of carbonyl (C=O) groups excluding carboxylic acids is 2. The van der Waals surface area contributed by atoms with Crippen molar-refractivity contribution in [3.63, 3.8) is 0 Å². The van der Waals surface area contributed by atoms with Gasteiger partial charge < -0.3 is 15.0 Å². The third-order valence-electron chi connectivity index (χ3n) is 6.80. The topological polar surface area (TPSA) is 61.9 Å². The smallest absolute Gasteiger partial charge is 0.253 e. The van der Waals surface area contributed by atoms with E-state index in [0.29, 0.717) is 54.3 Å². The summed E-state index contributed by atoms with van der Waals surface area (Å²) < 4.78 is 5.66. The van der Waals surface area contributed by atoms with E-state index in [1.54, 1.807) is 18.2 Å². The molecule has 1 aromatic rings. The molecule has 2 saturated heterocycles. The maximum Gasteiger partial charge on any atom is 0.253 e. The molecule has 170 valence electrons. The lowest BCUT2D eigenvalue weighted by atomic mass is 9.94. The zero-order chi connectivity index (χ0) is 21.8. The summed E-state index contributed by atoms with van der Waals surface area (Å²) in [6.07, 6.45) is 6.81. The summed E-state index contributed by atoms with van der Waals surface area (Å²) >= 11 is 12.1. The molecule has 3 aliphatic rings. The van der Waals surface area contributed by atoms with Crippen LogP contribution in [0.15, 0.2) is 18.2 Å². The molecule has 2 amide bonds. The first-order chi connectivity index (χ1) is 15.0. The van der Waals surface area contributed by atoms with E-state index in [0.717, 1.165) is 32.3 Å². The first kappa shape index (κ1) is 22.8. The summed E-state index contributed by atoms with van der Waals surface area (Å²) in [5, 5.41) is 3.98. The Morgan fingerprint density at radius 1 is 1.03 bits per heavy atom. The largest absolute Gasteiger partial charge is 0.376 e. The normalized spacial score (nSPS) is 23.8. The molecule has 0 radical (unpaired) electrons. The minimum atomic E-state index is -0.119. The van der Waals surface area contributed by atoms with Crippen LogP contribution < -0.4 is 5.32 Å². The lowest BCUT2D eigenvalue weighted by Crippen LogP contribution is -2.58. The molecule has 1 saturated carbocycles. The fraction of sp³-hybridized carbons (Fsp3) is 0.652. The van der Waals surface area contributed by atoms with Crippen molar-refractivity contribution in [1.29, 1.82) is 0 Å². The summed E-state index contributed by atoms with van der Waals surface area (Å²) in [6, 6.07) is 4.87. The van der Waals surface area contributed by atoms with E-state index in [9.17, 15) is 9.59 Å². The van der Waals surface area contributed by atoms with Crippen LogP contribution >= 0.6 is 23.2 Å². The SMILES string of the molecule is O=C(NC[C@@H]1CCCO1)[C@H](C1CCCC1)N1CCN(C(=O)c2ccc(Cl)c(Cl)c2)CC1. The number of carbonyl (C=O) groups is 2. The van der Waals surface area contributed by atoms with E-state index in [1.165, 1.54) is 12.8 Å². The molecule has 2 aliphatic heterocycles. The van der Waals surface area contributed by atoms with Crippen LogP contribution in [0, 0.1) is 5.92 Å². The van der Waals surface area contributed by atoms with Gasteiger partial charge >= 0.3 is 0 Å². The van der Waals surface area contributed by atoms with Crippen molar-refractivity contribution < 1.29 is 14.3 Å². The Hall–Kier alpha value is -1.34. The molecule has 4 rings (SSSR count). The number of amides is 2. The molecule has 2 heterocycles. The zero-order valence-corrected chi connectivity index (χ0v) is 19.3. The molecule has 0 bridgehead atoms. The summed E-state index contributed by atoms with van der Waals surface area (Å²) in [6.45, 7) is 3.98. The maximum atomic E-state index is 13.2. The molecule has 1 N–H and O–H groups in total. The van der Waals surface area contributed by atoms with Crippen LogP contribution in [0.5, 0.6) is 0 Å². The van der Waals surface area contributed by atoms with Crippen molar-refractivity contribution >= 4 is 35.0 Å². The number of hydrogen-bond acceptors (Lipinski definition) is 4. The van der Waals surface area contributed by atoms with Crippen molar-refractivity contribution in [1.82, 2.24) is 15.1 Å². The molecule has 0 unspecified atom stereocenters. The van der Waals surface area contributed by atoms with E-state index in [2.05, 4.69) is 10.2 Å². The number of nitrogens with zero attached hydrogens (tertiary/aromatic N) is 2. The van der Waals surface area contributed by atoms with Crippen LogP contribution in [0.1, 0.15) is 48.9 Å². The molecule has 0 spiro atoms. The minimum Gasteiger partial charge on any atom is -0.376 e. The highest BCUT2D eigenvalue weighted by atomic mass is 35.5. The van der Waals surface area contributed by atoms with Gasteiger partial charge in [0.25, 0.3) is 5.91 Å². The van der Waals surface area contributed by atoms with Gasteiger partial charge in [-0.05, 0) is 49.8 Å². The first-order valence-corrected chi connectivity index (χ1v) is 12.2. The monoisotopic (exact) mass is 467 g/mol. The Morgan fingerprint density at radius 3 is 2.42 bits per heavy atom. The van der Waals surface area contributed by atoms with Crippen molar-refractivity contribution in [2.45, 2.75) is 50.7 Å². The molecule has 31 heavy (non-hydrogen) atoms. The Kier molecular flexibility index (Phi) is 7.75. The van der Waals surface area contributed by atoms with Gasteiger partial charge in [0.1, 0.15) is 0 Å². The number of ether oxygens (including phenoxy) is 1. The van der Waals surface area contributed by atoms with Gasteiger partial charge in [-0.2, -0.15) is 0 Å². The summed E-state index contributed by atoms with van der Waals surface area (Å²) in [7, 11) is 0. The molecule has 0 aromatic heterocycles. The van der Waals surface area contributed by atoms with E-state index >= 15 is 0 Å². The van der Waals surface area contributed by atoms with Crippen molar-refractivity contribution in [3.8, 4) is 0 Å². The third kappa shape index (κ3) is 5.54. The summed E-state index contributed by atoms with van der Waals surface area (Å²) in [4.78, 5) is 30.2. The van der Waals surface area contributed by atoms with E-state index in [-0.39, 0.29) is 24.0 Å². The minimum absolute atomic E-state index is 0.0431. The van der Waals surface area contributed by atoms with Gasteiger partial charge in [0.2, 0.25) is 5.91 Å². The Labute approximate surface area is 194 Å². The predicted molar refractivity (Wildman–Crippen MR) is 122 cm³/mol. The third-order valence-corrected chi connectivity index (χ3v) is 7.54. The van der Waals surface area contributed by atoms with Crippen molar-refractivity contribution in [3.05, 3.63) is 33.8 Å². The van der Waals surface area contributed by atoms with Gasteiger partial charge in [0.05, 0.1) is 22.2 Å². The van der Waals surface area contributed by atoms with Crippen molar-refractivity contribution in [2.75, 3.05) is 39.3 Å². The van der Waals surface area contributed by atoms with E-state index in [1.807, 2.05) is 4.90 Å². The molecule has 2 atom stereocenters. The van der Waals surface area contributed by atoms with Gasteiger partial charge in [0, 0.05) is 44.9 Å². The molecular formula is C23H31Cl2N3O3. The number of rotatable bonds is 6. The fourth-order valence-corrected chi connectivity index (χ4v) is 5.39. The molecule has 6 nitrogen and oxygen atoms in total. The molecule has 3 fully saturated rings.